The van der Waals surface area contributed by atoms with Crippen LogP contribution in [0.25, 0.3) is 0 Å². The molecule has 1 heterocycles. The largest absolute Gasteiger partial charge is 0.359 e. The van der Waals surface area contributed by atoms with Crippen molar-refractivity contribution in [3.63, 3.8) is 0 Å². The second-order valence-electron chi connectivity index (χ2n) is 5.18. The van der Waals surface area contributed by atoms with Gasteiger partial charge in [-0.05, 0) is 37.4 Å². The van der Waals surface area contributed by atoms with Crippen molar-refractivity contribution in [2.24, 2.45) is 5.73 Å². The summed E-state index contributed by atoms with van der Waals surface area (Å²) in [5.41, 5.74) is 8.33. The summed E-state index contributed by atoms with van der Waals surface area (Å²) in [6.07, 6.45) is 6.52. The molecule has 1 unspecified atom stereocenters. The van der Waals surface area contributed by atoms with E-state index in [1.807, 2.05) is 0 Å². The first-order valence-electron chi connectivity index (χ1n) is 7.21. The van der Waals surface area contributed by atoms with Crippen LogP contribution >= 0.6 is 0 Å². The number of aryl methyl sites for hydroxylation is 1. The molecule has 1 aromatic rings. The van der Waals surface area contributed by atoms with E-state index in [0.717, 1.165) is 32.6 Å². The monoisotopic (exact) mass is 259 g/mol. The first kappa shape index (κ1) is 13.9. The van der Waals surface area contributed by atoms with Gasteiger partial charge in [0.25, 0.3) is 0 Å². The molecule has 0 aliphatic carbocycles. The lowest BCUT2D eigenvalue weighted by molar-refractivity contribution is 0.222. The lowest BCUT2D eigenvalue weighted by Crippen LogP contribution is -2.28. The van der Waals surface area contributed by atoms with Crippen molar-refractivity contribution in [3.8, 4) is 0 Å². The molecule has 2 rings (SSSR count). The minimum atomic E-state index is 0.421. The smallest absolute Gasteiger partial charge is 0.0899 e. The third-order valence-corrected chi connectivity index (χ3v) is 3.83. The number of hydrogen-bond acceptors (Lipinski definition) is 3. The van der Waals surface area contributed by atoms with Crippen LogP contribution in [0.15, 0.2) is 36.7 Å². The van der Waals surface area contributed by atoms with E-state index in [-0.39, 0.29) is 0 Å². The molecule has 0 fully saturated rings. The highest BCUT2D eigenvalue weighted by molar-refractivity contribution is 5.25. The van der Waals surface area contributed by atoms with E-state index >= 15 is 0 Å². The summed E-state index contributed by atoms with van der Waals surface area (Å²) in [6, 6.07) is 9.39. The van der Waals surface area contributed by atoms with E-state index in [1.165, 1.54) is 11.1 Å². The number of rotatable bonds is 6. The quantitative estimate of drug-likeness (QED) is 0.852. The van der Waals surface area contributed by atoms with Crippen molar-refractivity contribution in [2.45, 2.75) is 32.7 Å². The molecule has 104 valence electrons. The first-order chi connectivity index (χ1) is 9.24. The predicted octanol–water partition coefficient (Wildman–Crippen LogP) is 2.71. The summed E-state index contributed by atoms with van der Waals surface area (Å²) in [6.45, 7) is 7.23. The highest BCUT2D eigenvalue weighted by Gasteiger charge is 2.18. The van der Waals surface area contributed by atoms with E-state index in [4.69, 9.17) is 5.73 Å². The van der Waals surface area contributed by atoms with Gasteiger partial charge in [0, 0.05) is 18.9 Å². The van der Waals surface area contributed by atoms with E-state index in [1.54, 1.807) is 0 Å². The first-order valence-corrected chi connectivity index (χ1v) is 7.21. The fourth-order valence-corrected chi connectivity index (χ4v) is 2.40. The fourth-order valence-electron chi connectivity index (χ4n) is 2.40. The van der Waals surface area contributed by atoms with Gasteiger partial charge in [-0.15, -0.1) is 0 Å². The predicted molar refractivity (Wildman–Crippen MR) is 80.5 cm³/mol. The summed E-state index contributed by atoms with van der Waals surface area (Å²) in [4.78, 5) is 4.70. The molecule has 0 amide bonds. The zero-order valence-corrected chi connectivity index (χ0v) is 12.0. The Kier molecular flexibility index (Phi) is 4.86. The molecule has 1 aromatic carbocycles. The Morgan fingerprint density at radius 2 is 1.95 bits per heavy atom. The fraction of sp³-hybridized carbons (Fsp3) is 0.500. The molecule has 0 saturated carbocycles. The summed E-state index contributed by atoms with van der Waals surface area (Å²) < 4.78 is 0. The minimum absolute atomic E-state index is 0.421. The second-order valence-corrected chi connectivity index (χ2v) is 5.18. The average molecular weight is 259 g/mol. The van der Waals surface area contributed by atoms with Gasteiger partial charge < -0.3 is 15.5 Å². The Hall–Kier alpha value is -1.48. The molecule has 0 spiro atoms. The topological polar surface area (TPSA) is 32.5 Å². The van der Waals surface area contributed by atoms with Crippen LogP contribution in [-0.2, 0) is 6.42 Å². The Balaban J connectivity index is 1.93. The molecule has 3 nitrogen and oxygen atoms in total. The molecule has 2 N–H and O–H groups in total. The van der Waals surface area contributed by atoms with Gasteiger partial charge in [-0.2, -0.15) is 0 Å². The maximum atomic E-state index is 5.56. The zero-order chi connectivity index (χ0) is 13.7. The van der Waals surface area contributed by atoms with Gasteiger partial charge in [0.15, 0.2) is 0 Å². The third-order valence-electron chi connectivity index (χ3n) is 3.83. The number of benzene rings is 1. The van der Waals surface area contributed by atoms with Crippen LogP contribution < -0.4 is 5.73 Å². The van der Waals surface area contributed by atoms with Crippen LogP contribution in [0.2, 0.25) is 0 Å². The Morgan fingerprint density at radius 3 is 2.58 bits per heavy atom. The van der Waals surface area contributed by atoms with Crippen LogP contribution in [0.3, 0.4) is 0 Å². The summed E-state index contributed by atoms with van der Waals surface area (Å²) in [5.74, 6) is 0. The van der Waals surface area contributed by atoms with Crippen molar-refractivity contribution < 1.29 is 0 Å². The van der Waals surface area contributed by atoms with Gasteiger partial charge in [0.05, 0.1) is 12.7 Å². The highest BCUT2D eigenvalue weighted by atomic mass is 15.3. The Labute approximate surface area is 116 Å². The van der Waals surface area contributed by atoms with Gasteiger partial charge in [-0.25, -0.2) is 0 Å². The molecular weight excluding hydrogens is 234 g/mol. The van der Waals surface area contributed by atoms with Crippen molar-refractivity contribution in [3.05, 3.63) is 47.8 Å². The molecule has 0 aromatic heterocycles. The highest BCUT2D eigenvalue weighted by Crippen LogP contribution is 2.24. The van der Waals surface area contributed by atoms with Crippen LogP contribution in [0.1, 0.15) is 37.4 Å². The van der Waals surface area contributed by atoms with Crippen LogP contribution in [0.4, 0.5) is 0 Å². The minimum Gasteiger partial charge on any atom is -0.359 e. The maximum Gasteiger partial charge on any atom is 0.0899 e. The average Bonchev–Trinajstić information content (AvgIpc) is 2.93. The van der Waals surface area contributed by atoms with Gasteiger partial charge >= 0.3 is 0 Å². The standard InChI is InChI=1S/C16H25N3/c1-3-15-5-7-16(8-6-15)14(2)19-12-11-18(13-19)10-4-9-17/h5-8,11-12,14H,3-4,9-10,13,17H2,1-2H3. The summed E-state index contributed by atoms with van der Waals surface area (Å²) in [7, 11) is 0. The SMILES string of the molecule is CCc1ccc(C(C)N2C=CN(CCCN)C2)cc1. The molecule has 3 heteroatoms. The van der Waals surface area contributed by atoms with Crippen LogP contribution in [-0.4, -0.2) is 29.6 Å². The van der Waals surface area contributed by atoms with Gasteiger partial charge in [-0.1, -0.05) is 31.2 Å². The summed E-state index contributed by atoms with van der Waals surface area (Å²) in [5, 5.41) is 0. The van der Waals surface area contributed by atoms with Gasteiger partial charge in [0.2, 0.25) is 0 Å². The molecule has 1 aliphatic rings. The van der Waals surface area contributed by atoms with E-state index < -0.39 is 0 Å². The van der Waals surface area contributed by atoms with Crippen molar-refractivity contribution in [1.82, 2.24) is 9.80 Å². The molecule has 1 atom stereocenters. The lowest BCUT2D eigenvalue weighted by Gasteiger charge is -2.27. The van der Waals surface area contributed by atoms with Crippen molar-refractivity contribution in [2.75, 3.05) is 19.8 Å². The summed E-state index contributed by atoms with van der Waals surface area (Å²) >= 11 is 0. The number of nitrogens with zero attached hydrogens (tertiary/aromatic N) is 2. The zero-order valence-electron chi connectivity index (χ0n) is 12.0. The van der Waals surface area contributed by atoms with E-state index in [9.17, 15) is 0 Å². The third kappa shape index (κ3) is 3.51. The molecule has 1 aliphatic heterocycles. The van der Waals surface area contributed by atoms with Crippen LogP contribution in [0.5, 0.6) is 0 Å². The second kappa shape index (κ2) is 6.62. The van der Waals surface area contributed by atoms with Crippen molar-refractivity contribution in [1.29, 1.82) is 0 Å². The van der Waals surface area contributed by atoms with Crippen molar-refractivity contribution >= 4 is 0 Å². The van der Waals surface area contributed by atoms with E-state index in [2.05, 4.69) is 60.3 Å². The maximum absolute atomic E-state index is 5.56. The van der Waals surface area contributed by atoms with Gasteiger partial charge in [0.1, 0.15) is 0 Å². The molecule has 0 saturated heterocycles. The molecule has 0 bridgehead atoms. The number of nitrogens with two attached hydrogens (primary N) is 1. The Bertz CT molecular complexity index is 411. The number of hydrogen-bond donors (Lipinski definition) is 1. The van der Waals surface area contributed by atoms with Gasteiger partial charge in [-0.3, -0.25) is 0 Å². The molecule has 19 heavy (non-hydrogen) atoms. The normalized spacial score (nSPS) is 16.2. The molecular formula is C16H25N3. The Morgan fingerprint density at radius 1 is 1.21 bits per heavy atom. The van der Waals surface area contributed by atoms with E-state index in [0.29, 0.717) is 6.04 Å². The van der Waals surface area contributed by atoms with Crippen LogP contribution in [0, 0.1) is 0 Å². The lowest BCUT2D eigenvalue weighted by atomic mass is 10.0. The molecule has 0 radical (unpaired) electrons.